The summed E-state index contributed by atoms with van der Waals surface area (Å²) in [5, 5.41) is 14.8. The molecule has 1 aromatic heterocycles. The number of hydrogen-bond acceptors (Lipinski definition) is 5. The van der Waals surface area contributed by atoms with E-state index in [1.807, 2.05) is 20.8 Å². The number of methoxy groups -OCH3 is 1. The predicted octanol–water partition coefficient (Wildman–Crippen LogP) is 2.99. The molecular weight excluding hydrogens is 386 g/mol. The minimum absolute atomic E-state index is 0.0187. The average molecular weight is 413 g/mol. The summed E-state index contributed by atoms with van der Waals surface area (Å²) in [6.07, 6.45) is 1.43. The number of ether oxygens (including phenoxy) is 1. The van der Waals surface area contributed by atoms with Crippen LogP contribution in [-0.4, -0.2) is 40.5 Å². The van der Waals surface area contributed by atoms with Gasteiger partial charge in [-0.2, -0.15) is 0 Å². The fourth-order valence-electron chi connectivity index (χ4n) is 2.76. The Kier molecular flexibility index (Phi) is 7.15. The molecule has 3 N–H and O–H groups in total. The molecule has 0 fully saturated rings. The number of aromatic nitrogens is 1. The molecule has 2 aromatic rings. The maximum atomic E-state index is 12.6. The molecule has 1 unspecified atom stereocenters. The number of nitrogens with zero attached hydrogens (tertiary/aromatic N) is 1. The standard InChI is InChI=1S/C22H27N3O5/c1-13(21(28)29)14-6-7-18(30-5)15(10-14)11-19(26)24-16-8-9-23-17(12-16)20(27)25-22(2,3)4/h6-10,12-13H,11H2,1-5H3,(H,25,27)(H,28,29)(H,23,24,26). The molecule has 0 spiro atoms. The zero-order valence-electron chi connectivity index (χ0n) is 17.8. The molecule has 2 rings (SSSR count). The summed E-state index contributed by atoms with van der Waals surface area (Å²) in [5.74, 6) is -1.83. The topological polar surface area (TPSA) is 118 Å². The predicted molar refractivity (Wildman–Crippen MR) is 113 cm³/mol. The minimum atomic E-state index is -0.951. The van der Waals surface area contributed by atoms with E-state index in [1.54, 1.807) is 31.2 Å². The van der Waals surface area contributed by atoms with Gasteiger partial charge in [0.1, 0.15) is 11.4 Å². The normalized spacial score (nSPS) is 12.0. The molecule has 8 heteroatoms. The van der Waals surface area contributed by atoms with Gasteiger partial charge in [0.15, 0.2) is 0 Å². The lowest BCUT2D eigenvalue weighted by Crippen LogP contribution is -2.40. The number of pyridine rings is 1. The van der Waals surface area contributed by atoms with E-state index < -0.39 is 17.4 Å². The fraction of sp³-hybridized carbons (Fsp3) is 0.364. The summed E-state index contributed by atoms with van der Waals surface area (Å²) in [4.78, 5) is 40.2. The Balaban J connectivity index is 2.16. The third-order valence-electron chi connectivity index (χ3n) is 4.29. The molecule has 0 aliphatic rings. The smallest absolute Gasteiger partial charge is 0.310 e. The largest absolute Gasteiger partial charge is 0.496 e. The Labute approximate surface area is 175 Å². The van der Waals surface area contributed by atoms with Crippen LogP contribution >= 0.6 is 0 Å². The van der Waals surface area contributed by atoms with Gasteiger partial charge < -0.3 is 20.5 Å². The lowest BCUT2D eigenvalue weighted by molar-refractivity contribution is -0.138. The van der Waals surface area contributed by atoms with Crippen LogP contribution in [0.1, 0.15) is 55.2 Å². The minimum Gasteiger partial charge on any atom is -0.496 e. The molecule has 0 aliphatic carbocycles. The molecule has 1 heterocycles. The van der Waals surface area contributed by atoms with Gasteiger partial charge in [0.05, 0.1) is 19.4 Å². The molecule has 0 aliphatic heterocycles. The van der Waals surface area contributed by atoms with Crippen molar-refractivity contribution in [1.82, 2.24) is 10.3 Å². The van der Waals surface area contributed by atoms with Crippen LogP contribution < -0.4 is 15.4 Å². The lowest BCUT2D eigenvalue weighted by Gasteiger charge is -2.20. The third kappa shape index (κ3) is 6.30. The van der Waals surface area contributed by atoms with Gasteiger partial charge in [-0.15, -0.1) is 0 Å². The van der Waals surface area contributed by atoms with Crippen molar-refractivity contribution in [2.24, 2.45) is 0 Å². The van der Waals surface area contributed by atoms with Crippen LogP contribution in [0.3, 0.4) is 0 Å². The number of benzene rings is 1. The lowest BCUT2D eigenvalue weighted by atomic mass is 9.97. The molecule has 0 radical (unpaired) electrons. The first-order valence-corrected chi connectivity index (χ1v) is 9.48. The van der Waals surface area contributed by atoms with Gasteiger partial charge in [-0.25, -0.2) is 0 Å². The first-order chi connectivity index (χ1) is 14.0. The Morgan fingerprint density at radius 1 is 1.17 bits per heavy atom. The average Bonchev–Trinajstić information content (AvgIpc) is 2.66. The van der Waals surface area contributed by atoms with E-state index in [1.165, 1.54) is 19.4 Å². The van der Waals surface area contributed by atoms with E-state index in [-0.39, 0.29) is 23.9 Å². The van der Waals surface area contributed by atoms with Crippen molar-refractivity contribution in [1.29, 1.82) is 0 Å². The molecule has 2 amide bonds. The van der Waals surface area contributed by atoms with Gasteiger partial charge in [0.25, 0.3) is 5.91 Å². The highest BCUT2D eigenvalue weighted by Gasteiger charge is 2.19. The number of anilines is 1. The number of carboxylic acid groups (broad SMARTS) is 1. The molecule has 1 aromatic carbocycles. The quantitative estimate of drug-likeness (QED) is 0.642. The molecule has 8 nitrogen and oxygen atoms in total. The second-order valence-electron chi connectivity index (χ2n) is 7.99. The van der Waals surface area contributed by atoms with Crippen LogP contribution in [-0.2, 0) is 16.0 Å². The van der Waals surface area contributed by atoms with E-state index in [2.05, 4.69) is 15.6 Å². The van der Waals surface area contributed by atoms with Crippen molar-refractivity contribution in [2.45, 2.75) is 45.6 Å². The van der Waals surface area contributed by atoms with Crippen LogP contribution in [0.5, 0.6) is 5.75 Å². The third-order valence-corrected chi connectivity index (χ3v) is 4.29. The number of amides is 2. The van der Waals surface area contributed by atoms with Crippen molar-refractivity contribution < 1.29 is 24.2 Å². The summed E-state index contributed by atoms with van der Waals surface area (Å²) < 4.78 is 5.30. The molecule has 0 bridgehead atoms. The second-order valence-corrected chi connectivity index (χ2v) is 7.99. The van der Waals surface area contributed by atoms with E-state index in [9.17, 15) is 19.5 Å². The summed E-state index contributed by atoms with van der Waals surface area (Å²) >= 11 is 0. The number of carbonyl (C=O) groups is 3. The molecule has 160 valence electrons. The number of aliphatic carboxylic acids is 1. The number of nitrogens with one attached hydrogen (secondary N) is 2. The summed E-state index contributed by atoms with van der Waals surface area (Å²) in [6.45, 7) is 7.17. The fourth-order valence-corrected chi connectivity index (χ4v) is 2.76. The van der Waals surface area contributed by atoms with Gasteiger partial charge in [0, 0.05) is 23.0 Å². The zero-order valence-corrected chi connectivity index (χ0v) is 17.8. The van der Waals surface area contributed by atoms with E-state index >= 15 is 0 Å². The number of carbonyl (C=O) groups excluding carboxylic acids is 2. The summed E-state index contributed by atoms with van der Waals surface area (Å²) in [7, 11) is 1.49. The Morgan fingerprint density at radius 2 is 1.87 bits per heavy atom. The van der Waals surface area contributed by atoms with Gasteiger partial charge in [-0.05, 0) is 51.5 Å². The number of hydrogen-bond donors (Lipinski definition) is 3. The van der Waals surface area contributed by atoms with Gasteiger partial charge in [-0.1, -0.05) is 12.1 Å². The first kappa shape index (κ1) is 22.9. The highest BCUT2D eigenvalue weighted by Crippen LogP contribution is 2.25. The molecular formula is C22H27N3O5. The van der Waals surface area contributed by atoms with E-state index in [4.69, 9.17) is 4.74 Å². The highest BCUT2D eigenvalue weighted by atomic mass is 16.5. The van der Waals surface area contributed by atoms with Crippen LogP contribution in [0.25, 0.3) is 0 Å². The van der Waals surface area contributed by atoms with Crippen molar-refractivity contribution >= 4 is 23.5 Å². The molecule has 0 saturated carbocycles. The van der Waals surface area contributed by atoms with E-state index in [0.29, 0.717) is 22.6 Å². The molecule has 1 atom stereocenters. The van der Waals surface area contributed by atoms with Crippen molar-refractivity contribution in [3.63, 3.8) is 0 Å². The summed E-state index contributed by atoms with van der Waals surface area (Å²) in [5.41, 5.74) is 1.37. The van der Waals surface area contributed by atoms with Gasteiger partial charge >= 0.3 is 5.97 Å². The SMILES string of the molecule is COc1ccc(C(C)C(=O)O)cc1CC(=O)Nc1ccnc(C(=O)NC(C)(C)C)c1. The Bertz CT molecular complexity index is 950. The maximum absolute atomic E-state index is 12.6. The monoisotopic (exact) mass is 413 g/mol. The van der Waals surface area contributed by atoms with Gasteiger partial charge in [0.2, 0.25) is 5.91 Å². The highest BCUT2D eigenvalue weighted by molar-refractivity contribution is 5.96. The Morgan fingerprint density at radius 3 is 2.47 bits per heavy atom. The second kappa shape index (κ2) is 9.39. The van der Waals surface area contributed by atoms with Crippen LogP contribution in [0, 0.1) is 0 Å². The number of rotatable bonds is 7. The first-order valence-electron chi connectivity index (χ1n) is 9.48. The maximum Gasteiger partial charge on any atom is 0.310 e. The molecule has 0 saturated heterocycles. The summed E-state index contributed by atoms with van der Waals surface area (Å²) in [6, 6.07) is 8.07. The van der Waals surface area contributed by atoms with Gasteiger partial charge in [-0.3, -0.25) is 19.4 Å². The van der Waals surface area contributed by atoms with Crippen LogP contribution in [0.4, 0.5) is 5.69 Å². The number of carboxylic acids is 1. The van der Waals surface area contributed by atoms with Crippen molar-refractivity contribution in [2.75, 3.05) is 12.4 Å². The van der Waals surface area contributed by atoms with Crippen LogP contribution in [0.2, 0.25) is 0 Å². The van der Waals surface area contributed by atoms with Crippen molar-refractivity contribution in [3.8, 4) is 5.75 Å². The molecule has 30 heavy (non-hydrogen) atoms. The zero-order chi connectivity index (χ0) is 22.5. The van der Waals surface area contributed by atoms with E-state index in [0.717, 1.165) is 0 Å². The van der Waals surface area contributed by atoms with Crippen LogP contribution in [0.15, 0.2) is 36.5 Å². The Hall–Kier alpha value is -3.42. The van der Waals surface area contributed by atoms with Crippen molar-refractivity contribution in [3.05, 3.63) is 53.3 Å².